The van der Waals surface area contributed by atoms with Gasteiger partial charge in [-0.05, 0) is 56.2 Å². The number of amides is 1. The molecule has 0 radical (unpaired) electrons. The summed E-state index contributed by atoms with van der Waals surface area (Å²) in [6.07, 6.45) is 3.94. The van der Waals surface area contributed by atoms with Crippen LogP contribution >= 0.6 is 12.2 Å². The number of hydrogen-bond acceptors (Lipinski definition) is 4. The Kier molecular flexibility index (Phi) is 6.18. The molecule has 23 heavy (non-hydrogen) atoms. The highest BCUT2D eigenvalue weighted by molar-refractivity contribution is 7.80. The molecule has 1 aromatic carbocycles. The highest BCUT2D eigenvalue weighted by Gasteiger charge is 2.17. The minimum absolute atomic E-state index is 0.329. The van der Waals surface area contributed by atoms with Crippen LogP contribution in [0.2, 0.25) is 0 Å². The number of hydrazine groups is 1. The number of carbonyl (C=O) groups excluding carboxylic acids is 1. The van der Waals surface area contributed by atoms with Crippen molar-refractivity contribution in [3.63, 3.8) is 0 Å². The summed E-state index contributed by atoms with van der Waals surface area (Å²) in [5, 5.41) is 12.3. The molecule has 122 valence electrons. The van der Waals surface area contributed by atoms with E-state index in [0.29, 0.717) is 22.5 Å². The van der Waals surface area contributed by atoms with Crippen LogP contribution in [0, 0.1) is 11.3 Å². The zero-order valence-corrected chi connectivity index (χ0v) is 13.8. The molecule has 1 saturated carbocycles. The average Bonchev–Trinajstić information content (AvgIpc) is 3.06. The molecule has 2 rings (SSSR count). The molecule has 0 spiro atoms. The Morgan fingerprint density at radius 3 is 2.57 bits per heavy atom. The molecule has 1 atom stereocenters. The lowest BCUT2D eigenvalue weighted by molar-refractivity contribution is -0.127. The second kappa shape index (κ2) is 8.34. The minimum Gasteiger partial charge on any atom is -0.481 e. The summed E-state index contributed by atoms with van der Waals surface area (Å²) in [7, 11) is 0. The maximum Gasteiger partial charge on any atom is 0.279 e. The van der Waals surface area contributed by atoms with E-state index >= 15 is 0 Å². The van der Waals surface area contributed by atoms with Gasteiger partial charge in [0.05, 0.1) is 11.6 Å². The van der Waals surface area contributed by atoms with Crippen LogP contribution in [0.3, 0.4) is 0 Å². The first-order valence-corrected chi connectivity index (χ1v) is 8.02. The van der Waals surface area contributed by atoms with E-state index in [0.717, 1.165) is 12.8 Å². The molecular formula is C16H20N4O2S. The molecule has 0 unspecified atom stereocenters. The lowest BCUT2D eigenvalue weighted by atomic mass is 10.2. The predicted molar refractivity (Wildman–Crippen MR) is 90.5 cm³/mol. The first-order valence-electron chi connectivity index (χ1n) is 7.61. The maximum absolute atomic E-state index is 12.0. The van der Waals surface area contributed by atoms with Crippen molar-refractivity contribution in [3.05, 3.63) is 29.8 Å². The molecule has 1 fully saturated rings. The van der Waals surface area contributed by atoms with Gasteiger partial charge in [-0.2, -0.15) is 5.26 Å². The number of ether oxygens (including phenoxy) is 1. The highest BCUT2D eigenvalue weighted by atomic mass is 32.1. The summed E-state index contributed by atoms with van der Waals surface area (Å²) in [4.78, 5) is 12.0. The molecule has 1 aromatic rings. The van der Waals surface area contributed by atoms with Gasteiger partial charge in [-0.25, -0.2) is 0 Å². The molecule has 7 heteroatoms. The van der Waals surface area contributed by atoms with Gasteiger partial charge in [0, 0.05) is 6.04 Å². The second-order valence-corrected chi connectivity index (χ2v) is 5.87. The van der Waals surface area contributed by atoms with Crippen molar-refractivity contribution in [2.75, 3.05) is 0 Å². The minimum atomic E-state index is -0.690. The Hall–Kier alpha value is -2.33. The Balaban J connectivity index is 1.73. The van der Waals surface area contributed by atoms with Gasteiger partial charge in [0.15, 0.2) is 11.2 Å². The smallest absolute Gasteiger partial charge is 0.279 e. The third kappa shape index (κ3) is 5.42. The summed E-state index contributed by atoms with van der Waals surface area (Å²) in [5.41, 5.74) is 5.76. The number of benzene rings is 1. The van der Waals surface area contributed by atoms with Gasteiger partial charge in [0.2, 0.25) is 0 Å². The normalized spacial score (nSPS) is 15.3. The van der Waals surface area contributed by atoms with Crippen LogP contribution in [0.1, 0.15) is 38.2 Å². The van der Waals surface area contributed by atoms with E-state index in [1.807, 2.05) is 6.07 Å². The van der Waals surface area contributed by atoms with Gasteiger partial charge >= 0.3 is 0 Å². The monoisotopic (exact) mass is 332 g/mol. The van der Waals surface area contributed by atoms with Crippen LogP contribution in [0.4, 0.5) is 0 Å². The van der Waals surface area contributed by atoms with Crippen molar-refractivity contribution in [3.8, 4) is 11.8 Å². The van der Waals surface area contributed by atoms with E-state index in [-0.39, 0.29) is 5.91 Å². The number of carbonyl (C=O) groups is 1. The third-order valence-corrected chi connectivity index (χ3v) is 3.88. The SMILES string of the molecule is C[C@@H](Oc1ccc(C#N)cc1)C(=O)NNC(=S)NC1CCCC1. The quantitative estimate of drug-likeness (QED) is 0.575. The standard InChI is InChI=1S/C16H20N4O2S/c1-11(22-14-8-6-12(10-17)7-9-14)15(21)19-20-16(23)18-13-4-2-3-5-13/h6-9,11,13H,2-5H2,1H3,(H,19,21)(H2,18,20,23)/t11-/m1/s1. The fourth-order valence-corrected chi connectivity index (χ4v) is 2.60. The largest absolute Gasteiger partial charge is 0.481 e. The average molecular weight is 332 g/mol. The molecule has 3 N–H and O–H groups in total. The fourth-order valence-electron chi connectivity index (χ4n) is 2.38. The zero-order valence-electron chi connectivity index (χ0n) is 13.0. The van der Waals surface area contributed by atoms with Gasteiger partial charge in [-0.3, -0.25) is 15.6 Å². The van der Waals surface area contributed by atoms with Crippen LogP contribution in [-0.2, 0) is 4.79 Å². The Labute approximate surface area is 141 Å². The van der Waals surface area contributed by atoms with Crippen molar-refractivity contribution >= 4 is 23.2 Å². The molecule has 0 heterocycles. The van der Waals surface area contributed by atoms with Crippen molar-refractivity contribution in [2.24, 2.45) is 0 Å². The lowest BCUT2D eigenvalue weighted by Crippen LogP contribution is -2.52. The molecular weight excluding hydrogens is 312 g/mol. The van der Waals surface area contributed by atoms with Crippen LogP contribution in [0.15, 0.2) is 24.3 Å². The molecule has 1 aliphatic carbocycles. The molecule has 0 saturated heterocycles. The topological polar surface area (TPSA) is 86.2 Å². The molecule has 0 aliphatic heterocycles. The first kappa shape index (κ1) is 17.0. The van der Waals surface area contributed by atoms with Gasteiger partial charge in [-0.15, -0.1) is 0 Å². The lowest BCUT2D eigenvalue weighted by Gasteiger charge is -2.18. The predicted octanol–water partition coefficient (Wildman–Crippen LogP) is 1.76. The van der Waals surface area contributed by atoms with Gasteiger partial charge in [0.1, 0.15) is 5.75 Å². The molecule has 0 aromatic heterocycles. The number of nitrogens with zero attached hydrogens (tertiary/aromatic N) is 1. The second-order valence-electron chi connectivity index (χ2n) is 5.47. The fraction of sp³-hybridized carbons (Fsp3) is 0.438. The maximum atomic E-state index is 12.0. The van der Waals surface area contributed by atoms with Crippen molar-refractivity contribution < 1.29 is 9.53 Å². The molecule has 1 amide bonds. The van der Waals surface area contributed by atoms with Crippen molar-refractivity contribution in [2.45, 2.75) is 44.8 Å². The number of nitrogens with one attached hydrogen (secondary N) is 3. The first-order chi connectivity index (χ1) is 11.1. The Bertz CT molecular complexity index is 591. The van der Waals surface area contributed by atoms with Crippen LogP contribution in [-0.4, -0.2) is 23.2 Å². The van der Waals surface area contributed by atoms with E-state index in [9.17, 15) is 4.79 Å². The molecule has 0 bridgehead atoms. The Morgan fingerprint density at radius 2 is 1.96 bits per heavy atom. The van der Waals surface area contributed by atoms with E-state index in [2.05, 4.69) is 16.2 Å². The number of thiocarbonyl (C=S) groups is 1. The van der Waals surface area contributed by atoms with E-state index in [4.69, 9.17) is 22.2 Å². The van der Waals surface area contributed by atoms with Crippen LogP contribution in [0.5, 0.6) is 5.75 Å². The number of rotatable bonds is 4. The van der Waals surface area contributed by atoms with E-state index in [1.54, 1.807) is 31.2 Å². The summed E-state index contributed by atoms with van der Waals surface area (Å²) < 4.78 is 5.52. The summed E-state index contributed by atoms with van der Waals surface area (Å²) >= 11 is 5.14. The number of hydrogen-bond donors (Lipinski definition) is 3. The molecule has 6 nitrogen and oxygen atoms in total. The number of nitriles is 1. The summed E-state index contributed by atoms with van der Waals surface area (Å²) in [6.45, 7) is 1.64. The highest BCUT2D eigenvalue weighted by Crippen LogP contribution is 2.17. The van der Waals surface area contributed by atoms with Gasteiger partial charge in [0.25, 0.3) is 5.91 Å². The Morgan fingerprint density at radius 1 is 1.30 bits per heavy atom. The van der Waals surface area contributed by atoms with Crippen molar-refractivity contribution in [1.29, 1.82) is 5.26 Å². The molecule has 1 aliphatic rings. The van der Waals surface area contributed by atoms with Gasteiger partial charge in [-0.1, -0.05) is 12.8 Å². The van der Waals surface area contributed by atoms with E-state index in [1.165, 1.54) is 12.8 Å². The third-order valence-electron chi connectivity index (χ3n) is 3.66. The van der Waals surface area contributed by atoms with Crippen LogP contribution < -0.4 is 20.9 Å². The van der Waals surface area contributed by atoms with Crippen molar-refractivity contribution in [1.82, 2.24) is 16.2 Å². The summed E-state index contributed by atoms with van der Waals surface area (Å²) in [5.74, 6) is 0.197. The zero-order chi connectivity index (χ0) is 16.7. The van der Waals surface area contributed by atoms with E-state index < -0.39 is 6.10 Å². The van der Waals surface area contributed by atoms with Crippen LogP contribution in [0.25, 0.3) is 0 Å². The van der Waals surface area contributed by atoms with Gasteiger partial charge < -0.3 is 10.1 Å². The summed E-state index contributed by atoms with van der Waals surface area (Å²) in [6, 6.07) is 9.00.